The van der Waals surface area contributed by atoms with Crippen LogP contribution in [0.2, 0.25) is 0 Å². The fourth-order valence-electron chi connectivity index (χ4n) is 4.54. The van der Waals surface area contributed by atoms with Gasteiger partial charge in [0.15, 0.2) is 17.3 Å². The van der Waals surface area contributed by atoms with E-state index in [9.17, 15) is 26.8 Å². The second-order valence-corrected chi connectivity index (χ2v) is 12.4. The lowest BCUT2D eigenvalue weighted by Crippen LogP contribution is -2.32. The van der Waals surface area contributed by atoms with E-state index in [1.165, 1.54) is 71.0 Å². The van der Waals surface area contributed by atoms with Gasteiger partial charge < -0.3 is 9.88 Å². The van der Waals surface area contributed by atoms with E-state index in [0.717, 1.165) is 21.0 Å². The number of amides is 1. The van der Waals surface area contributed by atoms with Gasteiger partial charge >= 0.3 is 0 Å². The number of carbonyl (C=O) groups is 1. The van der Waals surface area contributed by atoms with Crippen molar-refractivity contribution in [3.8, 4) is 10.4 Å². The molecule has 0 atom stereocenters. The van der Waals surface area contributed by atoms with Gasteiger partial charge in [0.2, 0.25) is 0 Å². The number of thiophene rings is 1. The monoisotopic (exact) mass is 617 g/mol. The summed E-state index contributed by atoms with van der Waals surface area (Å²) < 4.78 is 56.0. The van der Waals surface area contributed by atoms with E-state index >= 15 is 0 Å². The van der Waals surface area contributed by atoms with Gasteiger partial charge in [-0.3, -0.25) is 14.6 Å². The van der Waals surface area contributed by atoms with Crippen molar-refractivity contribution >= 4 is 38.4 Å². The maximum Gasteiger partial charge on any atom is 0.269 e. The molecule has 0 aliphatic heterocycles. The van der Waals surface area contributed by atoms with Crippen molar-refractivity contribution in [2.75, 3.05) is 0 Å². The summed E-state index contributed by atoms with van der Waals surface area (Å²) in [6.45, 7) is 0.0650. The standard InChI is InChI=1S/C30H21F2N5O4S2/c31-24-10-8-19(15-25(24)32)17-36-14-4-7-22(30(36)39)29(38)35-16-20-9-11-26(42-20)23-18-37(28-27(23)33-12-13-34-28)43(40,41)21-5-2-1-3-6-21/h1-15,18H,16-17H2,(H,35,38). The molecule has 4 aromatic heterocycles. The summed E-state index contributed by atoms with van der Waals surface area (Å²) >= 11 is 1.33. The Morgan fingerprint density at radius 1 is 0.930 bits per heavy atom. The highest BCUT2D eigenvalue weighted by molar-refractivity contribution is 7.90. The largest absolute Gasteiger partial charge is 0.347 e. The Morgan fingerprint density at radius 3 is 2.51 bits per heavy atom. The van der Waals surface area contributed by atoms with Crippen LogP contribution in [0.15, 0.2) is 107 Å². The van der Waals surface area contributed by atoms with Crippen LogP contribution in [0.4, 0.5) is 8.78 Å². The molecule has 0 saturated carbocycles. The Kier molecular flexibility index (Phi) is 7.42. The van der Waals surface area contributed by atoms with E-state index < -0.39 is 33.1 Å². The molecule has 2 aromatic carbocycles. The molecule has 0 unspecified atom stereocenters. The fraction of sp³-hybridized carbons (Fsp3) is 0.0667. The van der Waals surface area contributed by atoms with Crippen molar-refractivity contribution in [2.24, 2.45) is 0 Å². The van der Waals surface area contributed by atoms with Gasteiger partial charge in [-0.15, -0.1) is 11.3 Å². The van der Waals surface area contributed by atoms with Crippen molar-refractivity contribution in [2.45, 2.75) is 18.0 Å². The molecule has 0 radical (unpaired) electrons. The van der Waals surface area contributed by atoms with Gasteiger partial charge in [-0.05, 0) is 54.1 Å². The highest BCUT2D eigenvalue weighted by Crippen LogP contribution is 2.35. The molecular weight excluding hydrogens is 596 g/mol. The van der Waals surface area contributed by atoms with Crippen LogP contribution in [0.5, 0.6) is 0 Å². The van der Waals surface area contributed by atoms with E-state index in [0.29, 0.717) is 21.5 Å². The second-order valence-electron chi connectivity index (χ2n) is 9.44. The number of hydrogen-bond acceptors (Lipinski definition) is 7. The molecule has 6 aromatic rings. The first-order valence-corrected chi connectivity index (χ1v) is 15.1. The zero-order chi connectivity index (χ0) is 30.1. The minimum atomic E-state index is -3.93. The molecule has 1 amide bonds. The van der Waals surface area contributed by atoms with E-state index in [-0.39, 0.29) is 29.2 Å². The van der Waals surface area contributed by atoms with Gasteiger partial charge in [-0.1, -0.05) is 24.3 Å². The first kappa shape index (κ1) is 28.1. The van der Waals surface area contributed by atoms with Crippen LogP contribution in [0.25, 0.3) is 21.6 Å². The van der Waals surface area contributed by atoms with Crippen LogP contribution in [-0.2, 0) is 23.1 Å². The molecule has 0 aliphatic rings. The summed E-state index contributed by atoms with van der Waals surface area (Å²) in [5.41, 5.74) is 0.841. The predicted octanol–water partition coefficient (Wildman–Crippen LogP) is 4.82. The molecule has 6 rings (SSSR count). The average molecular weight is 618 g/mol. The number of hydrogen-bond donors (Lipinski definition) is 1. The third-order valence-corrected chi connectivity index (χ3v) is 9.42. The first-order valence-electron chi connectivity index (χ1n) is 12.9. The number of halogens is 2. The number of carbonyl (C=O) groups excluding carboxylic acids is 1. The second kappa shape index (κ2) is 11.3. The van der Waals surface area contributed by atoms with Crippen LogP contribution in [-0.4, -0.2) is 32.8 Å². The summed E-state index contributed by atoms with van der Waals surface area (Å²) in [5.74, 6) is -2.61. The Balaban J connectivity index is 1.22. The van der Waals surface area contributed by atoms with Crippen molar-refractivity contribution in [3.05, 3.63) is 136 Å². The number of rotatable bonds is 8. The summed E-state index contributed by atoms with van der Waals surface area (Å²) in [6, 6.07) is 17.9. The maximum absolute atomic E-state index is 13.6. The van der Waals surface area contributed by atoms with Crippen LogP contribution in [0.3, 0.4) is 0 Å². The minimum absolute atomic E-state index is 0.0398. The van der Waals surface area contributed by atoms with Crippen molar-refractivity contribution in [1.82, 2.24) is 23.8 Å². The third kappa shape index (κ3) is 5.47. The molecule has 43 heavy (non-hydrogen) atoms. The normalized spacial score (nSPS) is 11.6. The smallest absolute Gasteiger partial charge is 0.269 e. The lowest BCUT2D eigenvalue weighted by Gasteiger charge is -2.09. The van der Waals surface area contributed by atoms with E-state index in [1.807, 2.05) is 0 Å². The van der Waals surface area contributed by atoms with Crippen molar-refractivity contribution < 1.29 is 22.0 Å². The van der Waals surface area contributed by atoms with Crippen molar-refractivity contribution in [3.63, 3.8) is 0 Å². The van der Waals surface area contributed by atoms with Gasteiger partial charge in [0.25, 0.3) is 21.5 Å². The van der Waals surface area contributed by atoms with E-state index in [4.69, 9.17) is 0 Å². The Morgan fingerprint density at radius 2 is 1.72 bits per heavy atom. The zero-order valence-electron chi connectivity index (χ0n) is 22.1. The maximum atomic E-state index is 13.6. The van der Waals surface area contributed by atoms with Crippen LogP contribution in [0, 0.1) is 11.6 Å². The molecule has 9 nitrogen and oxygen atoms in total. The number of pyridine rings is 1. The summed E-state index contributed by atoms with van der Waals surface area (Å²) in [6.07, 6.45) is 5.86. The molecule has 216 valence electrons. The van der Waals surface area contributed by atoms with Gasteiger partial charge in [0.1, 0.15) is 11.1 Å². The molecule has 0 aliphatic carbocycles. The topological polar surface area (TPSA) is 116 Å². The number of aromatic nitrogens is 4. The lowest BCUT2D eigenvalue weighted by molar-refractivity contribution is 0.0949. The first-order chi connectivity index (χ1) is 20.7. The Labute approximate surface area is 247 Å². The van der Waals surface area contributed by atoms with Gasteiger partial charge in [0.05, 0.1) is 18.0 Å². The molecule has 13 heteroatoms. The molecule has 1 N–H and O–H groups in total. The summed E-state index contributed by atoms with van der Waals surface area (Å²) in [5, 5.41) is 2.74. The highest BCUT2D eigenvalue weighted by atomic mass is 32.2. The number of nitrogens with one attached hydrogen (secondary N) is 1. The fourth-order valence-corrected chi connectivity index (χ4v) is 6.83. The molecule has 0 fully saturated rings. The van der Waals surface area contributed by atoms with Gasteiger partial charge in [0, 0.05) is 40.1 Å². The van der Waals surface area contributed by atoms with Crippen LogP contribution in [0.1, 0.15) is 20.8 Å². The third-order valence-electron chi connectivity index (χ3n) is 6.64. The number of nitrogens with zero attached hydrogens (tertiary/aromatic N) is 4. The molecule has 0 spiro atoms. The Bertz CT molecular complexity index is 2160. The predicted molar refractivity (Wildman–Crippen MR) is 157 cm³/mol. The summed E-state index contributed by atoms with van der Waals surface area (Å²) in [7, 11) is -3.93. The van der Waals surface area contributed by atoms with Gasteiger partial charge in [-0.25, -0.2) is 26.2 Å². The highest BCUT2D eigenvalue weighted by Gasteiger charge is 2.24. The Hall–Kier alpha value is -5.01. The van der Waals surface area contributed by atoms with Crippen molar-refractivity contribution in [1.29, 1.82) is 0 Å². The number of fused-ring (bicyclic) bond motifs is 1. The quantitative estimate of drug-likeness (QED) is 0.262. The van der Waals surface area contributed by atoms with E-state index in [1.54, 1.807) is 30.3 Å². The average Bonchev–Trinajstić information content (AvgIpc) is 3.64. The van der Waals surface area contributed by atoms with Crippen LogP contribution >= 0.6 is 11.3 Å². The molecule has 0 bridgehead atoms. The zero-order valence-corrected chi connectivity index (χ0v) is 23.8. The van der Waals surface area contributed by atoms with Gasteiger partial charge in [-0.2, -0.15) is 0 Å². The van der Waals surface area contributed by atoms with Crippen LogP contribution < -0.4 is 10.9 Å². The lowest BCUT2D eigenvalue weighted by atomic mass is 10.2. The van der Waals surface area contributed by atoms with E-state index in [2.05, 4.69) is 15.3 Å². The SMILES string of the molecule is O=C(NCc1ccc(-c2cn(S(=O)(=O)c3ccccc3)c3nccnc23)s1)c1cccn(Cc2ccc(F)c(F)c2)c1=O. The minimum Gasteiger partial charge on any atom is -0.347 e. The molecular formula is C30H21F2N5O4S2. The summed E-state index contributed by atoms with van der Waals surface area (Å²) in [4.78, 5) is 36.1. The number of benzene rings is 2. The molecule has 4 heterocycles. The molecule has 0 saturated heterocycles.